The van der Waals surface area contributed by atoms with Crippen molar-refractivity contribution in [3.63, 3.8) is 0 Å². The summed E-state index contributed by atoms with van der Waals surface area (Å²) in [5, 5.41) is 7.67. The number of nitrogens with zero attached hydrogens (tertiary/aromatic N) is 2. The molecule has 0 aliphatic rings. The second-order valence-corrected chi connectivity index (χ2v) is 5.40. The van der Waals surface area contributed by atoms with E-state index in [1.165, 1.54) is 5.56 Å². The van der Waals surface area contributed by atoms with Crippen molar-refractivity contribution in [1.29, 1.82) is 0 Å². The number of benzene rings is 2. The van der Waals surface area contributed by atoms with E-state index in [-0.39, 0.29) is 0 Å². The molecule has 108 valence electrons. The first-order valence-corrected chi connectivity index (χ1v) is 6.85. The van der Waals surface area contributed by atoms with Crippen LogP contribution in [0.3, 0.4) is 0 Å². The molecule has 0 spiro atoms. The molecule has 0 aliphatic carbocycles. The van der Waals surface area contributed by atoms with Crippen molar-refractivity contribution in [3.8, 4) is 11.5 Å². The van der Waals surface area contributed by atoms with E-state index in [1.807, 2.05) is 6.92 Å². The van der Waals surface area contributed by atoms with Crippen LogP contribution in [0.5, 0.6) is 11.5 Å². The zero-order valence-electron chi connectivity index (χ0n) is 12.3. The number of anilines is 1. The van der Waals surface area contributed by atoms with Gasteiger partial charge in [-0.1, -0.05) is 26.0 Å². The number of ether oxygens (including phenoxy) is 1. The summed E-state index contributed by atoms with van der Waals surface area (Å²) in [7, 11) is 0. The molecule has 0 saturated carbocycles. The minimum Gasteiger partial charge on any atom is -0.455 e. The second-order valence-electron chi connectivity index (χ2n) is 5.40. The highest BCUT2D eigenvalue weighted by Gasteiger charge is 2.13. The fourth-order valence-electron chi connectivity index (χ4n) is 2.15. The molecule has 0 bridgehead atoms. The summed E-state index contributed by atoms with van der Waals surface area (Å²) in [5.74, 6) is 1.83. The molecule has 5 nitrogen and oxygen atoms in total. The number of nitrogen functional groups attached to an aromatic ring is 1. The highest BCUT2D eigenvalue weighted by molar-refractivity contribution is 5.90. The maximum absolute atomic E-state index is 6.01. The molecule has 1 aromatic heterocycles. The molecule has 2 aromatic carbocycles. The van der Waals surface area contributed by atoms with Crippen molar-refractivity contribution < 1.29 is 9.37 Å². The Balaban J connectivity index is 2.04. The fourth-order valence-corrected chi connectivity index (χ4v) is 2.15. The van der Waals surface area contributed by atoms with Gasteiger partial charge in [0.25, 0.3) is 0 Å². The van der Waals surface area contributed by atoms with E-state index in [4.69, 9.17) is 15.1 Å². The van der Waals surface area contributed by atoms with Gasteiger partial charge in [-0.3, -0.25) is 0 Å². The lowest BCUT2D eigenvalue weighted by Crippen LogP contribution is -1.94. The SMILES string of the molecule is Cc1ccc(C(C)C)cc1Oc1ccc(N)c2nonc12. The lowest BCUT2D eigenvalue weighted by molar-refractivity contribution is 0.314. The maximum Gasteiger partial charge on any atom is 0.179 e. The van der Waals surface area contributed by atoms with Crippen LogP contribution in [-0.4, -0.2) is 10.3 Å². The molecule has 3 aromatic rings. The third-order valence-electron chi connectivity index (χ3n) is 3.51. The molecule has 0 unspecified atom stereocenters. The van der Waals surface area contributed by atoms with Crippen LogP contribution in [0.4, 0.5) is 5.69 Å². The highest BCUT2D eigenvalue weighted by Crippen LogP contribution is 2.33. The van der Waals surface area contributed by atoms with Gasteiger partial charge in [-0.15, -0.1) is 0 Å². The number of aryl methyl sites for hydroxylation is 1. The van der Waals surface area contributed by atoms with E-state index in [9.17, 15) is 0 Å². The Hall–Kier alpha value is -2.56. The van der Waals surface area contributed by atoms with Crippen LogP contribution in [0.2, 0.25) is 0 Å². The van der Waals surface area contributed by atoms with Gasteiger partial charge in [0, 0.05) is 0 Å². The van der Waals surface area contributed by atoms with E-state index < -0.39 is 0 Å². The van der Waals surface area contributed by atoms with Gasteiger partial charge in [-0.05, 0) is 52.5 Å². The van der Waals surface area contributed by atoms with Crippen molar-refractivity contribution in [2.24, 2.45) is 0 Å². The van der Waals surface area contributed by atoms with Crippen molar-refractivity contribution >= 4 is 16.7 Å². The summed E-state index contributed by atoms with van der Waals surface area (Å²) in [6.45, 7) is 6.31. The molecular weight excluding hydrogens is 266 g/mol. The summed E-state index contributed by atoms with van der Waals surface area (Å²) in [6, 6.07) is 9.74. The molecule has 0 fully saturated rings. The van der Waals surface area contributed by atoms with E-state index in [0.29, 0.717) is 28.4 Å². The predicted octanol–water partition coefficient (Wildman–Crippen LogP) is 4.03. The first-order valence-electron chi connectivity index (χ1n) is 6.85. The average molecular weight is 283 g/mol. The van der Waals surface area contributed by atoms with Crippen molar-refractivity contribution in [2.45, 2.75) is 26.7 Å². The summed E-state index contributed by atoms with van der Waals surface area (Å²) >= 11 is 0. The molecule has 5 heteroatoms. The first-order chi connectivity index (χ1) is 10.1. The van der Waals surface area contributed by atoms with E-state index in [0.717, 1.165) is 11.3 Å². The number of rotatable bonds is 3. The lowest BCUT2D eigenvalue weighted by Gasteiger charge is -2.12. The molecule has 2 N–H and O–H groups in total. The molecule has 0 amide bonds. The maximum atomic E-state index is 6.01. The number of fused-ring (bicyclic) bond motifs is 1. The molecule has 0 radical (unpaired) electrons. The molecule has 0 atom stereocenters. The smallest absolute Gasteiger partial charge is 0.179 e. The zero-order valence-corrected chi connectivity index (χ0v) is 12.3. The Morgan fingerprint density at radius 3 is 2.57 bits per heavy atom. The van der Waals surface area contributed by atoms with Gasteiger partial charge in [-0.2, -0.15) is 0 Å². The van der Waals surface area contributed by atoms with Gasteiger partial charge >= 0.3 is 0 Å². The monoisotopic (exact) mass is 283 g/mol. The normalized spacial score (nSPS) is 11.2. The highest BCUT2D eigenvalue weighted by atomic mass is 16.6. The molecular formula is C16H17N3O2. The van der Waals surface area contributed by atoms with Gasteiger partial charge in [0.2, 0.25) is 0 Å². The van der Waals surface area contributed by atoms with Crippen LogP contribution < -0.4 is 10.5 Å². The Labute approximate surface area is 122 Å². The quantitative estimate of drug-likeness (QED) is 0.734. The summed E-state index contributed by atoms with van der Waals surface area (Å²) < 4.78 is 10.8. The zero-order chi connectivity index (χ0) is 15.0. The average Bonchev–Trinajstić information content (AvgIpc) is 2.94. The van der Waals surface area contributed by atoms with Gasteiger partial charge in [-0.25, -0.2) is 4.63 Å². The van der Waals surface area contributed by atoms with Gasteiger partial charge < -0.3 is 10.5 Å². The van der Waals surface area contributed by atoms with Crippen LogP contribution in [0, 0.1) is 6.92 Å². The van der Waals surface area contributed by atoms with Gasteiger partial charge in [0.15, 0.2) is 16.8 Å². The summed E-state index contributed by atoms with van der Waals surface area (Å²) in [6.07, 6.45) is 0. The Bertz CT molecular complexity index is 793. The third-order valence-corrected chi connectivity index (χ3v) is 3.51. The van der Waals surface area contributed by atoms with Gasteiger partial charge in [0.1, 0.15) is 5.75 Å². The van der Waals surface area contributed by atoms with Gasteiger partial charge in [0.05, 0.1) is 5.69 Å². The van der Waals surface area contributed by atoms with E-state index in [2.05, 4.69) is 42.4 Å². The number of aromatic nitrogens is 2. The standard InChI is InChI=1S/C16H17N3O2/c1-9(2)11-5-4-10(3)14(8-11)20-13-7-6-12(17)15-16(13)19-21-18-15/h4-9H,17H2,1-3H3. The third kappa shape index (κ3) is 2.42. The van der Waals surface area contributed by atoms with Crippen molar-refractivity contribution in [3.05, 3.63) is 41.5 Å². The topological polar surface area (TPSA) is 74.2 Å². The summed E-state index contributed by atoms with van der Waals surface area (Å²) in [4.78, 5) is 0. The largest absolute Gasteiger partial charge is 0.455 e. The van der Waals surface area contributed by atoms with Crippen molar-refractivity contribution in [1.82, 2.24) is 10.3 Å². The second kappa shape index (κ2) is 5.09. The minimum atomic E-state index is 0.438. The lowest BCUT2D eigenvalue weighted by atomic mass is 10.0. The first kappa shape index (κ1) is 13.4. The molecule has 3 rings (SSSR count). The Kier molecular flexibility index (Phi) is 3.25. The number of hydrogen-bond donors (Lipinski definition) is 1. The van der Waals surface area contributed by atoms with E-state index in [1.54, 1.807) is 12.1 Å². The molecule has 1 heterocycles. The minimum absolute atomic E-state index is 0.438. The van der Waals surface area contributed by atoms with Crippen LogP contribution in [0.25, 0.3) is 11.0 Å². The van der Waals surface area contributed by atoms with Crippen LogP contribution >= 0.6 is 0 Å². The van der Waals surface area contributed by atoms with E-state index >= 15 is 0 Å². The molecule has 0 aliphatic heterocycles. The number of nitrogens with two attached hydrogens (primary N) is 1. The van der Waals surface area contributed by atoms with Crippen LogP contribution in [-0.2, 0) is 0 Å². The van der Waals surface area contributed by atoms with Crippen LogP contribution in [0.15, 0.2) is 35.0 Å². The summed E-state index contributed by atoms with van der Waals surface area (Å²) in [5.41, 5.74) is 9.69. The van der Waals surface area contributed by atoms with Crippen LogP contribution in [0.1, 0.15) is 30.9 Å². The number of hydrogen-bond acceptors (Lipinski definition) is 5. The van der Waals surface area contributed by atoms with Crippen molar-refractivity contribution in [2.75, 3.05) is 5.73 Å². The Morgan fingerprint density at radius 2 is 1.81 bits per heavy atom. The fraction of sp³-hybridized carbons (Fsp3) is 0.250. The predicted molar refractivity (Wildman–Crippen MR) is 81.6 cm³/mol. The molecule has 21 heavy (non-hydrogen) atoms. The molecule has 0 saturated heterocycles. The Morgan fingerprint density at radius 1 is 1.05 bits per heavy atom.